The fourth-order valence-electron chi connectivity index (χ4n) is 3.75. The SMILES string of the molecule is C/C(=N/Nc1nc(N2CCCCC2)nc(N2CCCCC2)n1)c1ccccc1. The Morgan fingerprint density at radius 2 is 1.32 bits per heavy atom. The van der Waals surface area contributed by atoms with Crippen molar-refractivity contribution in [1.82, 2.24) is 15.0 Å². The molecule has 28 heavy (non-hydrogen) atoms. The standard InChI is InChI=1S/C21H29N7/c1-17(18-11-5-2-6-12-18)25-26-19-22-20(27-13-7-3-8-14-27)24-21(23-19)28-15-9-4-10-16-28/h2,5-6,11-12H,3-4,7-10,13-16H2,1H3,(H,22,23,24,26)/b25-17-. The summed E-state index contributed by atoms with van der Waals surface area (Å²) >= 11 is 0. The monoisotopic (exact) mass is 379 g/mol. The van der Waals surface area contributed by atoms with E-state index >= 15 is 0 Å². The molecule has 0 bridgehead atoms. The molecule has 148 valence electrons. The van der Waals surface area contributed by atoms with Gasteiger partial charge in [-0.2, -0.15) is 20.1 Å². The minimum atomic E-state index is 0.520. The molecular weight excluding hydrogens is 350 g/mol. The van der Waals surface area contributed by atoms with Gasteiger partial charge in [-0.3, -0.25) is 0 Å². The molecule has 1 aromatic heterocycles. The predicted octanol–water partition coefficient (Wildman–Crippen LogP) is 3.69. The number of piperidine rings is 2. The number of hydrogen-bond donors (Lipinski definition) is 1. The van der Waals surface area contributed by atoms with E-state index in [9.17, 15) is 0 Å². The van der Waals surface area contributed by atoms with Crippen LogP contribution in [0, 0.1) is 0 Å². The zero-order chi connectivity index (χ0) is 19.2. The van der Waals surface area contributed by atoms with Gasteiger partial charge in [-0.15, -0.1) is 0 Å². The Morgan fingerprint density at radius 1 is 0.786 bits per heavy atom. The highest BCUT2D eigenvalue weighted by molar-refractivity contribution is 5.98. The van der Waals surface area contributed by atoms with Crippen LogP contribution in [-0.4, -0.2) is 46.8 Å². The summed E-state index contributed by atoms with van der Waals surface area (Å²) < 4.78 is 0. The Hall–Kier alpha value is -2.70. The van der Waals surface area contributed by atoms with E-state index in [4.69, 9.17) is 4.98 Å². The van der Waals surface area contributed by atoms with Gasteiger partial charge in [0.05, 0.1) is 5.71 Å². The molecule has 2 fully saturated rings. The third kappa shape index (κ3) is 4.58. The molecule has 1 aromatic carbocycles. The second-order valence-electron chi connectivity index (χ2n) is 7.53. The van der Waals surface area contributed by atoms with Crippen LogP contribution in [0.5, 0.6) is 0 Å². The second-order valence-corrected chi connectivity index (χ2v) is 7.53. The van der Waals surface area contributed by atoms with E-state index in [2.05, 4.69) is 30.3 Å². The van der Waals surface area contributed by atoms with E-state index < -0.39 is 0 Å². The summed E-state index contributed by atoms with van der Waals surface area (Å²) in [4.78, 5) is 18.7. The van der Waals surface area contributed by atoms with Crippen LogP contribution in [0.2, 0.25) is 0 Å². The topological polar surface area (TPSA) is 69.5 Å². The van der Waals surface area contributed by atoms with Gasteiger partial charge >= 0.3 is 0 Å². The van der Waals surface area contributed by atoms with Crippen LogP contribution < -0.4 is 15.2 Å². The van der Waals surface area contributed by atoms with Gasteiger partial charge < -0.3 is 9.80 Å². The predicted molar refractivity (Wildman–Crippen MR) is 114 cm³/mol. The maximum atomic E-state index is 4.81. The number of aromatic nitrogens is 3. The molecule has 7 heteroatoms. The van der Waals surface area contributed by atoms with Crippen molar-refractivity contribution >= 4 is 23.6 Å². The van der Waals surface area contributed by atoms with Crippen LogP contribution in [0.15, 0.2) is 35.4 Å². The van der Waals surface area contributed by atoms with Crippen molar-refractivity contribution in [1.29, 1.82) is 0 Å². The fourth-order valence-corrected chi connectivity index (χ4v) is 3.75. The summed E-state index contributed by atoms with van der Waals surface area (Å²) in [7, 11) is 0. The maximum Gasteiger partial charge on any atom is 0.250 e. The van der Waals surface area contributed by atoms with E-state index in [1.165, 1.54) is 38.5 Å². The minimum Gasteiger partial charge on any atom is -0.341 e. The van der Waals surface area contributed by atoms with E-state index in [0.717, 1.165) is 49.4 Å². The van der Waals surface area contributed by atoms with Gasteiger partial charge in [0.1, 0.15) is 0 Å². The quantitative estimate of drug-likeness (QED) is 0.631. The molecule has 7 nitrogen and oxygen atoms in total. The van der Waals surface area contributed by atoms with Crippen LogP contribution in [0.25, 0.3) is 0 Å². The van der Waals surface area contributed by atoms with Crippen molar-refractivity contribution in [2.45, 2.75) is 45.4 Å². The average Bonchev–Trinajstić information content (AvgIpc) is 2.79. The third-order valence-corrected chi connectivity index (χ3v) is 5.40. The Morgan fingerprint density at radius 3 is 1.86 bits per heavy atom. The number of rotatable bonds is 5. The highest BCUT2D eigenvalue weighted by Gasteiger charge is 2.20. The van der Waals surface area contributed by atoms with Gasteiger partial charge in [-0.05, 0) is 51.0 Å². The molecular formula is C21H29N7. The summed E-state index contributed by atoms with van der Waals surface area (Å²) in [5, 5.41) is 4.51. The lowest BCUT2D eigenvalue weighted by atomic mass is 10.1. The van der Waals surface area contributed by atoms with Crippen molar-refractivity contribution in [2.24, 2.45) is 5.10 Å². The number of benzene rings is 1. The van der Waals surface area contributed by atoms with Crippen LogP contribution in [0.4, 0.5) is 17.8 Å². The number of nitrogens with zero attached hydrogens (tertiary/aromatic N) is 6. The van der Waals surface area contributed by atoms with Crippen molar-refractivity contribution in [2.75, 3.05) is 41.4 Å². The molecule has 0 radical (unpaired) electrons. The van der Waals surface area contributed by atoms with Gasteiger partial charge in [-0.1, -0.05) is 30.3 Å². The van der Waals surface area contributed by atoms with Gasteiger partial charge in [0, 0.05) is 26.2 Å². The first-order valence-corrected chi connectivity index (χ1v) is 10.4. The van der Waals surface area contributed by atoms with Crippen LogP contribution >= 0.6 is 0 Å². The van der Waals surface area contributed by atoms with E-state index in [-0.39, 0.29) is 0 Å². The number of hydrogen-bond acceptors (Lipinski definition) is 7. The zero-order valence-corrected chi connectivity index (χ0v) is 16.6. The molecule has 3 heterocycles. The lowest BCUT2D eigenvalue weighted by Gasteiger charge is -2.30. The van der Waals surface area contributed by atoms with Gasteiger partial charge in [0.15, 0.2) is 0 Å². The summed E-state index contributed by atoms with van der Waals surface area (Å²) in [6, 6.07) is 10.1. The highest BCUT2D eigenvalue weighted by Crippen LogP contribution is 2.22. The molecule has 0 aliphatic carbocycles. The van der Waals surface area contributed by atoms with Crippen LogP contribution in [0.3, 0.4) is 0 Å². The van der Waals surface area contributed by atoms with E-state index in [1.807, 2.05) is 37.3 Å². The molecule has 0 saturated carbocycles. The molecule has 2 saturated heterocycles. The van der Waals surface area contributed by atoms with Crippen molar-refractivity contribution in [3.63, 3.8) is 0 Å². The van der Waals surface area contributed by atoms with E-state index in [0.29, 0.717) is 5.95 Å². The summed E-state index contributed by atoms with van der Waals surface area (Å²) in [5.41, 5.74) is 5.06. The summed E-state index contributed by atoms with van der Waals surface area (Å²) in [6.07, 6.45) is 7.34. The Bertz CT molecular complexity index is 757. The Labute approximate surface area is 166 Å². The minimum absolute atomic E-state index is 0.520. The Balaban J connectivity index is 1.59. The molecule has 0 atom stereocenters. The molecule has 2 aliphatic heterocycles. The number of anilines is 3. The molecule has 0 spiro atoms. The largest absolute Gasteiger partial charge is 0.341 e. The fraction of sp³-hybridized carbons (Fsp3) is 0.524. The first-order chi connectivity index (χ1) is 13.8. The normalized spacial score (nSPS) is 18.2. The van der Waals surface area contributed by atoms with E-state index in [1.54, 1.807) is 0 Å². The van der Waals surface area contributed by atoms with Gasteiger partial charge in [-0.25, -0.2) is 5.43 Å². The number of nitrogens with one attached hydrogen (secondary N) is 1. The Kier molecular flexibility index (Phi) is 5.99. The van der Waals surface area contributed by atoms with Gasteiger partial charge in [0.2, 0.25) is 17.8 Å². The average molecular weight is 380 g/mol. The second kappa shape index (κ2) is 8.99. The lowest BCUT2D eigenvalue weighted by molar-refractivity contribution is 0.556. The molecule has 1 N–H and O–H groups in total. The van der Waals surface area contributed by atoms with Crippen molar-refractivity contribution in [3.05, 3.63) is 35.9 Å². The van der Waals surface area contributed by atoms with Crippen molar-refractivity contribution in [3.8, 4) is 0 Å². The molecule has 2 aliphatic rings. The van der Waals surface area contributed by atoms with Crippen LogP contribution in [0.1, 0.15) is 51.0 Å². The molecule has 0 amide bonds. The lowest BCUT2D eigenvalue weighted by Crippen LogP contribution is -2.34. The summed E-state index contributed by atoms with van der Waals surface area (Å²) in [6.45, 7) is 6.02. The highest BCUT2D eigenvalue weighted by atomic mass is 15.4. The van der Waals surface area contributed by atoms with Gasteiger partial charge in [0.25, 0.3) is 0 Å². The smallest absolute Gasteiger partial charge is 0.250 e. The maximum absolute atomic E-state index is 4.81. The molecule has 0 unspecified atom stereocenters. The van der Waals surface area contributed by atoms with Crippen molar-refractivity contribution < 1.29 is 0 Å². The first-order valence-electron chi connectivity index (χ1n) is 10.4. The zero-order valence-electron chi connectivity index (χ0n) is 16.6. The number of hydrazone groups is 1. The first kappa shape index (κ1) is 18.7. The van der Waals surface area contributed by atoms with Crippen LogP contribution in [-0.2, 0) is 0 Å². The third-order valence-electron chi connectivity index (χ3n) is 5.40. The summed E-state index contributed by atoms with van der Waals surface area (Å²) in [5.74, 6) is 2.06. The molecule has 2 aromatic rings. The molecule has 4 rings (SSSR count).